The molecule has 98 valence electrons. The van der Waals surface area contributed by atoms with Crippen LogP contribution in [0.15, 0.2) is 18.2 Å². The molecule has 1 aromatic rings. The van der Waals surface area contributed by atoms with Crippen LogP contribution in [0.1, 0.15) is 37.3 Å². The smallest absolute Gasteiger partial charge is 0.106 e. The van der Waals surface area contributed by atoms with Crippen LogP contribution in [-0.2, 0) is 0 Å². The maximum Gasteiger partial charge on any atom is 0.106 e. The molecule has 0 spiro atoms. The summed E-state index contributed by atoms with van der Waals surface area (Å²) < 4.78 is 0. The molecule has 2 nitrogen and oxygen atoms in total. The molecule has 1 fully saturated rings. The molecule has 1 saturated carbocycles. The van der Waals surface area contributed by atoms with Crippen molar-refractivity contribution in [1.29, 1.82) is 0 Å². The molecule has 1 aromatic carbocycles. The van der Waals surface area contributed by atoms with E-state index < -0.39 is 0 Å². The van der Waals surface area contributed by atoms with Crippen molar-refractivity contribution in [2.45, 2.75) is 33.1 Å². The summed E-state index contributed by atoms with van der Waals surface area (Å²) in [5.41, 5.74) is 9.04. The Bertz CT molecular complexity index is 442. The molecule has 0 aromatic heterocycles. The summed E-state index contributed by atoms with van der Waals surface area (Å²) >= 11 is 5.10. The van der Waals surface area contributed by atoms with E-state index in [4.69, 9.17) is 18.0 Å². The first-order chi connectivity index (χ1) is 8.58. The molecule has 0 bridgehead atoms. The Balaban J connectivity index is 2.08. The molecule has 2 atom stereocenters. The van der Waals surface area contributed by atoms with Crippen LogP contribution in [-0.4, -0.2) is 11.5 Å². The third kappa shape index (κ3) is 3.02. The third-order valence-electron chi connectivity index (χ3n) is 4.03. The number of benzene rings is 1. The van der Waals surface area contributed by atoms with Gasteiger partial charge in [-0.15, -0.1) is 0 Å². The molecule has 2 rings (SSSR count). The Kier molecular flexibility index (Phi) is 4.23. The second-order valence-corrected chi connectivity index (χ2v) is 5.90. The number of hydrogen-bond acceptors (Lipinski definition) is 2. The molecular weight excluding hydrogens is 240 g/mol. The molecule has 0 radical (unpaired) electrons. The van der Waals surface area contributed by atoms with Crippen LogP contribution in [0.3, 0.4) is 0 Å². The first kappa shape index (κ1) is 13.3. The van der Waals surface area contributed by atoms with Crippen molar-refractivity contribution in [2.24, 2.45) is 17.6 Å². The number of nitrogens with two attached hydrogens (primary N) is 1. The Morgan fingerprint density at radius 3 is 2.83 bits per heavy atom. The quantitative estimate of drug-likeness (QED) is 0.816. The van der Waals surface area contributed by atoms with Crippen molar-refractivity contribution in [3.05, 3.63) is 29.3 Å². The van der Waals surface area contributed by atoms with Gasteiger partial charge < -0.3 is 11.1 Å². The van der Waals surface area contributed by atoms with Gasteiger partial charge in [-0.1, -0.05) is 38.0 Å². The van der Waals surface area contributed by atoms with Gasteiger partial charge in [0.05, 0.1) is 0 Å². The van der Waals surface area contributed by atoms with Crippen molar-refractivity contribution in [3.8, 4) is 0 Å². The number of hydrogen-bond donors (Lipinski definition) is 2. The molecule has 3 N–H and O–H groups in total. The predicted molar refractivity (Wildman–Crippen MR) is 82.1 cm³/mol. The van der Waals surface area contributed by atoms with Gasteiger partial charge in [0.15, 0.2) is 0 Å². The van der Waals surface area contributed by atoms with Gasteiger partial charge >= 0.3 is 0 Å². The normalized spacial score (nSPS) is 23.0. The van der Waals surface area contributed by atoms with Gasteiger partial charge in [-0.25, -0.2) is 0 Å². The number of anilines is 1. The monoisotopic (exact) mass is 262 g/mol. The molecular formula is C15H22N2S. The van der Waals surface area contributed by atoms with Crippen molar-refractivity contribution in [2.75, 3.05) is 11.9 Å². The zero-order valence-corrected chi connectivity index (χ0v) is 12.0. The molecule has 0 heterocycles. The standard InChI is InChI=1S/C15H22N2S/c1-10-6-7-13(15(16)18)14(8-10)17-9-12-5-3-4-11(12)2/h6-8,11-12,17H,3-5,9H2,1-2H3,(H2,16,18). The summed E-state index contributed by atoms with van der Waals surface area (Å²) in [6.45, 7) is 5.47. The van der Waals surface area contributed by atoms with Crippen molar-refractivity contribution in [3.63, 3.8) is 0 Å². The minimum absolute atomic E-state index is 0.469. The maximum absolute atomic E-state index is 5.77. The van der Waals surface area contributed by atoms with Gasteiger partial charge in [0.1, 0.15) is 4.99 Å². The number of aryl methyl sites for hydroxylation is 1. The highest BCUT2D eigenvalue weighted by atomic mass is 32.1. The van der Waals surface area contributed by atoms with Crippen LogP contribution in [0.25, 0.3) is 0 Å². The fourth-order valence-corrected chi connectivity index (χ4v) is 2.96. The van der Waals surface area contributed by atoms with E-state index in [0.717, 1.165) is 29.6 Å². The number of thiocarbonyl (C=S) groups is 1. The fourth-order valence-electron chi connectivity index (χ4n) is 2.79. The minimum atomic E-state index is 0.469. The minimum Gasteiger partial charge on any atom is -0.389 e. The zero-order chi connectivity index (χ0) is 13.1. The first-order valence-corrected chi connectivity index (χ1v) is 7.13. The Morgan fingerprint density at radius 1 is 1.44 bits per heavy atom. The van der Waals surface area contributed by atoms with Gasteiger partial charge in [-0.05, 0) is 42.9 Å². The predicted octanol–water partition coefficient (Wildman–Crippen LogP) is 3.48. The Morgan fingerprint density at radius 2 is 2.22 bits per heavy atom. The van der Waals surface area contributed by atoms with Gasteiger partial charge in [0, 0.05) is 17.8 Å². The lowest BCUT2D eigenvalue weighted by atomic mass is 9.98. The second-order valence-electron chi connectivity index (χ2n) is 5.46. The van der Waals surface area contributed by atoms with E-state index in [1.165, 1.54) is 24.8 Å². The fraction of sp³-hybridized carbons (Fsp3) is 0.533. The lowest BCUT2D eigenvalue weighted by Gasteiger charge is -2.18. The molecule has 1 aliphatic carbocycles. The highest BCUT2D eigenvalue weighted by Gasteiger charge is 2.23. The van der Waals surface area contributed by atoms with Crippen LogP contribution >= 0.6 is 12.2 Å². The van der Waals surface area contributed by atoms with Gasteiger partial charge in [-0.2, -0.15) is 0 Å². The number of rotatable bonds is 4. The lowest BCUT2D eigenvalue weighted by molar-refractivity contribution is 0.439. The average molecular weight is 262 g/mol. The summed E-state index contributed by atoms with van der Waals surface area (Å²) in [5.74, 6) is 1.61. The van der Waals surface area contributed by atoms with Crippen molar-refractivity contribution in [1.82, 2.24) is 0 Å². The topological polar surface area (TPSA) is 38.0 Å². The molecule has 2 unspecified atom stereocenters. The molecule has 1 aliphatic rings. The summed E-state index contributed by atoms with van der Waals surface area (Å²) in [4.78, 5) is 0.469. The molecule has 18 heavy (non-hydrogen) atoms. The van der Waals surface area contributed by atoms with E-state index in [1.807, 2.05) is 6.07 Å². The van der Waals surface area contributed by atoms with E-state index in [9.17, 15) is 0 Å². The van der Waals surface area contributed by atoms with Gasteiger partial charge in [-0.3, -0.25) is 0 Å². The summed E-state index contributed by atoms with van der Waals surface area (Å²) in [5, 5.41) is 3.54. The summed E-state index contributed by atoms with van der Waals surface area (Å²) in [6.07, 6.45) is 4.06. The lowest BCUT2D eigenvalue weighted by Crippen LogP contribution is -2.19. The summed E-state index contributed by atoms with van der Waals surface area (Å²) in [6, 6.07) is 6.20. The van der Waals surface area contributed by atoms with E-state index in [2.05, 4.69) is 31.3 Å². The van der Waals surface area contributed by atoms with Crippen LogP contribution in [0.2, 0.25) is 0 Å². The van der Waals surface area contributed by atoms with Crippen LogP contribution in [0.5, 0.6) is 0 Å². The maximum atomic E-state index is 5.77. The molecule has 3 heteroatoms. The molecule has 0 aliphatic heterocycles. The largest absolute Gasteiger partial charge is 0.389 e. The van der Waals surface area contributed by atoms with E-state index >= 15 is 0 Å². The van der Waals surface area contributed by atoms with Crippen molar-refractivity contribution < 1.29 is 0 Å². The van der Waals surface area contributed by atoms with E-state index in [1.54, 1.807) is 0 Å². The second kappa shape index (κ2) is 5.70. The Labute approximate surface area is 115 Å². The van der Waals surface area contributed by atoms with E-state index in [-0.39, 0.29) is 0 Å². The molecule has 0 saturated heterocycles. The average Bonchev–Trinajstić information content (AvgIpc) is 2.72. The van der Waals surface area contributed by atoms with Gasteiger partial charge in [0.2, 0.25) is 0 Å². The molecule has 0 amide bonds. The highest BCUT2D eigenvalue weighted by molar-refractivity contribution is 7.80. The first-order valence-electron chi connectivity index (χ1n) is 6.72. The van der Waals surface area contributed by atoms with Crippen LogP contribution in [0.4, 0.5) is 5.69 Å². The van der Waals surface area contributed by atoms with Crippen molar-refractivity contribution >= 4 is 22.9 Å². The Hall–Kier alpha value is -1.09. The van der Waals surface area contributed by atoms with Crippen LogP contribution in [0, 0.1) is 18.8 Å². The zero-order valence-electron chi connectivity index (χ0n) is 11.2. The van der Waals surface area contributed by atoms with Gasteiger partial charge in [0.25, 0.3) is 0 Å². The van der Waals surface area contributed by atoms with Crippen LogP contribution < -0.4 is 11.1 Å². The highest BCUT2D eigenvalue weighted by Crippen LogP contribution is 2.31. The summed E-state index contributed by atoms with van der Waals surface area (Å²) in [7, 11) is 0. The van der Waals surface area contributed by atoms with E-state index in [0.29, 0.717) is 4.99 Å². The number of nitrogens with one attached hydrogen (secondary N) is 1. The SMILES string of the molecule is Cc1ccc(C(N)=S)c(NCC2CCCC2C)c1. The third-order valence-corrected chi connectivity index (χ3v) is 4.25.